The predicted molar refractivity (Wildman–Crippen MR) is 318 cm³/mol. The molecule has 37 heteroatoms. The maximum absolute atomic E-state index is 14.7. The maximum Gasteiger partial charge on any atom is 0.337 e. The number of carboxylic acids is 1. The van der Waals surface area contributed by atoms with Crippen LogP contribution >= 0.6 is 0 Å². The number of hydrogen-bond donors (Lipinski definition) is 18. The van der Waals surface area contributed by atoms with Crippen LogP contribution in [0, 0.1) is 47.3 Å². The molecule has 32 atom stereocenters. The van der Waals surface area contributed by atoms with Gasteiger partial charge < -0.3 is 163 Å². The van der Waals surface area contributed by atoms with Crippen LogP contribution in [0.4, 0.5) is 0 Å². The van der Waals surface area contributed by atoms with E-state index in [1.165, 1.54) is 0 Å². The number of carboxylic acid groups (broad SMARTS) is 1. The zero-order valence-corrected chi connectivity index (χ0v) is 53.4. The fraction of sp³-hybridized carbons (Fsp3) is 0.688. The summed E-state index contributed by atoms with van der Waals surface area (Å²) in [5.74, 6) is -12.0. The Labute approximate surface area is 572 Å². The van der Waals surface area contributed by atoms with Crippen LogP contribution < -0.4 is 0 Å². The number of rotatable bonds is 23. The van der Waals surface area contributed by atoms with Crippen molar-refractivity contribution in [2.45, 2.75) is 174 Å². The molecule has 4 aliphatic carbocycles. The number of aliphatic hydroxyl groups excluding tert-OH is 17. The molecule has 8 heterocycles. The minimum atomic E-state index is -1.94. The number of fused-ring (bicyclic) bond motifs is 4. The summed E-state index contributed by atoms with van der Waals surface area (Å²) in [4.78, 5) is 55.8. The number of aliphatic hydroxyl groups is 17. The minimum absolute atomic E-state index is 0.00107. The number of allylic oxidation sites excluding steroid dienone is 4. The molecule has 0 aromatic rings. The number of esters is 3. The van der Waals surface area contributed by atoms with Gasteiger partial charge in [-0.2, -0.15) is 0 Å². The van der Waals surface area contributed by atoms with Gasteiger partial charge in [0, 0.05) is 23.7 Å². The van der Waals surface area contributed by atoms with Crippen molar-refractivity contribution >= 4 is 23.9 Å². The van der Waals surface area contributed by atoms with Gasteiger partial charge in [0.1, 0.15) is 117 Å². The summed E-state index contributed by atoms with van der Waals surface area (Å²) >= 11 is 0. The van der Waals surface area contributed by atoms with E-state index in [4.69, 9.17) is 71.1 Å². The van der Waals surface area contributed by atoms with Crippen LogP contribution in [0.3, 0.4) is 0 Å². The second-order valence-corrected chi connectivity index (χ2v) is 26.4. The van der Waals surface area contributed by atoms with Crippen molar-refractivity contribution in [1.82, 2.24) is 0 Å². The first-order valence-electron chi connectivity index (χ1n) is 32.8. The van der Waals surface area contributed by atoms with Crippen molar-refractivity contribution < 1.29 is 182 Å². The Morgan fingerprint density at radius 1 is 0.327 bits per heavy atom. The molecule has 37 nitrogen and oxygen atoms in total. The average Bonchev–Trinajstić information content (AvgIpc) is 1.69. The second kappa shape index (κ2) is 31.4. The third-order valence-electron chi connectivity index (χ3n) is 20.8. The lowest BCUT2D eigenvalue weighted by atomic mass is 9.82. The van der Waals surface area contributed by atoms with Crippen LogP contribution in [-0.4, -0.2) is 317 Å². The molecule has 0 amide bonds. The third-order valence-corrected chi connectivity index (χ3v) is 20.8. The van der Waals surface area contributed by atoms with Gasteiger partial charge in [0.15, 0.2) is 25.2 Å². The van der Waals surface area contributed by atoms with Crippen molar-refractivity contribution in [3.8, 4) is 0 Å². The molecule has 0 saturated carbocycles. The molecule has 101 heavy (non-hydrogen) atoms. The molecule has 0 unspecified atom stereocenters. The number of carbonyl (C=O) groups is 4. The van der Waals surface area contributed by atoms with Crippen molar-refractivity contribution in [3.63, 3.8) is 0 Å². The van der Waals surface area contributed by atoms with Crippen LogP contribution in [0.15, 0.2) is 93.9 Å². The molecule has 4 fully saturated rings. The predicted octanol–water partition coefficient (Wildman–Crippen LogP) is -7.83. The largest absolute Gasteiger partial charge is 0.478 e. The Morgan fingerprint density at radius 3 is 0.812 bits per heavy atom. The zero-order valence-electron chi connectivity index (χ0n) is 53.4. The van der Waals surface area contributed by atoms with Crippen LogP contribution in [0.25, 0.3) is 0 Å². The van der Waals surface area contributed by atoms with Gasteiger partial charge in [-0.05, 0) is 48.0 Å². The zero-order chi connectivity index (χ0) is 72.2. The monoisotopic (exact) mass is 1440 g/mol. The smallest absolute Gasteiger partial charge is 0.337 e. The highest BCUT2D eigenvalue weighted by atomic mass is 16.8. The van der Waals surface area contributed by atoms with E-state index in [9.17, 15) is 111 Å². The fourth-order valence-electron chi connectivity index (χ4n) is 15.1. The molecule has 560 valence electrons. The highest BCUT2D eigenvalue weighted by Crippen LogP contribution is 2.50. The van der Waals surface area contributed by atoms with Crippen LogP contribution in [0.5, 0.6) is 0 Å². The number of aliphatic carboxylic acids is 1. The maximum atomic E-state index is 14.7. The van der Waals surface area contributed by atoms with Gasteiger partial charge in [-0.25, -0.2) is 19.2 Å². The van der Waals surface area contributed by atoms with E-state index in [-0.39, 0.29) is 64.7 Å². The molecule has 0 aromatic carbocycles. The molecule has 8 aliphatic heterocycles. The summed E-state index contributed by atoms with van der Waals surface area (Å²) in [5, 5.41) is 188. The topological polar surface area (TPSA) is 571 Å². The van der Waals surface area contributed by atoms with Gasteiger partial charge >= 0.3 is 23.9 Å². The van der Waals surface area contributed by atoms with Gasteiger partial charge in [-0.1, -0.05) is 24.3 Å². The Bertz CT molecular complexity index is 3280. The summed E-state index contributed by atoms with van der Waals surface area (Å²) in [6, 6.07) is 0. The molecular formula is C64H82O37. The SMILES string of the molecule is O=C(O)C1=CO[C@@H](O[C@@H]2O[C@H](CO)[C@@H](O)[C@H](O)[C@H]2O)[C@@H]2C(COC(=O)C3=CO[C@@H](O[C@@H]4O[C@H](CO)[C@@H](O)[C@H](O)[C@H]4O)[C@@H]4C(COC(=O)C5=CO[C@@H](O[C@@H]6O[C@H](CO)[C@@H](O)[C@H](O)[C@H]6O)[C@@H]6C(COC(=O)C7=CO[C@@H](O[C@@H]8O[C@H](CO)[C@@H](O)[C@H](O)[C@H]8O)[C@@H]8C(CO)=CC[C@H]78)=CC[C@H]56)=CC[C@H]34)=CC[C@H]12. The van der Waals surface area contributed by atoms with Crippen LogP contribution in [-0.2, 0) is 90.2 Å². The average molecular weight is 1440 g/mol. The van der Waals surface area contributed by atoms with Gasteiger partial charge in [0.25, 0.3) is 0 Å². The first-order valence-corrected chi connectivity index (χ1v) is 32.8. The lowest BCUT2D eigenvalue weighted by Gasteiger charge is -2.43. The number of hydrogen-bond acceptors (Lipinski definition) is 36. The highest BCUT2D eigenvalue weighted by Gasteiger charge is 2.56. The molecule has 4 saturated heterocycles. The molecule has 0 radical (unpaired) electrons. The third kappa shape index (κ3) is 14.4. The molecule has 12 rings (SSSR count). The molecule has 0 bridgehead atoms. The Balaban J connectivity index is 0.751. The van der Waals surface area contributed by atoms with E-state index in [1.54, 1.807) is 24.3 Å². The van der Waals surface area contributed by atoms with E-state index >= 15 is 0 Å². The first-order chi connectivity index (χ1) is 48.4. The Morgan fingerprint density at radius 2 is 0.564 bits per heavy atom. The van der Waals surface area contributed by atoms with E-state index < -0.39 is 272 Å². The second-order valence-electron chi connectivity index (χ2n) is 26.4. The fourth-order valence-corrected chi connectivity index (χ4v) is 15.1. The molecule has 0 aromatic heterocycles. The van der Waals surface area contributed by atoms with Crippen LogP contribution in [0.2, 0.25) is 0 Å². The lowest BCUT2D eigenvalue weighted by molar-refractivity contribution is -0.339. The summed E-state index contributed by atoms with van der Waals surface area (Å²) in [6.45, 7) is -5.35. The Hall–Kier alpha value is -6.00. The van der Waals surface area contributed by atoms with E-state index in [1.807, 2.05) is 0 Å². The van der Waals surface area contributed by atoms with E-state index in [0.717, 1.165) is 25.0 Å². The standard InChI is InChI=1S/C64H82O37/c65-9-21-1-5-26-30(18-91-57(37(21)26)98-61-49(78)45(74)41(70)33(10-66)94-61)54(84)88-15-23-3-7-28-32(20-93-59(39(23)28)100-63-51(80)47(76)43(72)35(12-68)96-63)56(86)89-16-24-4-8-27-31(19-92-60(40(24)27)101-64-52(81)48(77)44(73)36(13-69)97-64)55(85)87-14-22-2-6-25-29(53(82)83)17-90-58(38(22)25)99-62-50(79)46(75)42(71)34(11-67)95-62/h1-4,17-20,25-28,33-52,57-81H,5-16H2,(H,82,83)/t25-,26-,27-,28-,33-,34-,35-,36-,37-,38-,39-,40-,41-,42-,43-,44-,45+,46+,47+,48+,49-,50-,51-,52-,57+,58+,59+,60+,61+,62+,63+,64+/m1/s1. The van der Waals surface area contributed by atoms with Crippen molar-refractivity contribution in [2.24, 2.45) is 47.3 Å². The van der Waals surface area contributed by atoms with Crippen molar-refractivity contribution in [2.75, 3.05) is 52.9 Å². The normalized spacial score (nSPS) is 43.9. The molecule has 12 aliphatic rings. The van der Waals surface area contributed by atoms with Gasteiger partial charge in [0.05, 0.1) is 104 Å². The number of carbonyl (C=O) groups excluding carboxylic acids is 3. The summed E-state index contributed by atoms with van der Waals surface area (Å²) < 4.78 is 87.9. The van der Waals surface area contributed by atoms with Gasteiger partial charge in [-0.3, -0.25) is 0 Å². The minimum Gasteiger partial charge on any atom is -0.478 e. The summed E-state index contributed by atoms with van der Waals surface area (Å²) in [6.07, 6.45) is -29.7. The summed E-state index contributed by atoms with van der Waals surface area (Å²) in [7, 11) is 0. The summed E-state index contributed by atoms with van der Waals surface area (Å²) in [5.41, 5.74) is 0.703. The quantitative estimate of drug-likeness (QED) is 0.0257. The molecular weight excluding hydrogens is 1360 g/mol. The first kappa shape index (κ1) is 74.7. The Kier molecular flexibility index (Phi) is 23.2. The van der Waals surface area contributed by atoms with Crippen LogP contribution in [0.1, 0.15) is 25.7 Å². The van der Waals surface area contributed by atoms with E-state index in [2.05, 4.69) is 0 Å². The van der Waals surface area contributed by atoms with E-state index in [0.29, 0.717) is 5.57 Å². The molecule has 0 spiro atoms. The lowest BCUT2D eigenvalue weighted by Crippen LogP contribution is -2.60. The number of ether oxygens (including phenoxy) is 15. The molecule has 18 N–H and O–H groups in total. The highest BCUT2D eigenvalue weighted by molar-refractivity contribution is 5.91. The van der Waals surface area contributed by atoms with Crippen molar-refractivity contribution in [1.29, 1.82) is 0 Å². The van der Waals surface area contributed by atoms with Crippen molar-refractivity contribution in [3.05, 3.63) is 93.9 Å². The van der Waals surface area contributed by atoms with Gasteiger partial charge in [0.2, 0.25) is 25.2 Å². The van der Waals surface area contributed by atoms with Gasteiger partial charge in [-0.15, -0.1) is 0 Å².